The summed E-state index contributed by atoms with van der Waals surface area (Å²) in [4.78, 5) is 12.0. The van der Waals surface area contributed by atoms with E-state index in [1.165, 1.54) is 6.07 Å². The van der Waals surface area contributed by atoms with Gasteiger partial charge in [0, 0.05) is 6.54 Å². The summed E-state index contributed by atoms with van der Waals surface area (Å²) < 4.78 is 27.2. The lowest BCUT2D eigenvalue weighted by molar-refractivity contribution is 0.0908. The van der Waals surface area contributed by atoms with Gasteiger partial charge in [-0.2, -0.15) is 0 Å². The molecule has 0 aliphatic carbocycles. The normalized spacial score (nSPS) is 12.1. The van der Waals surface area contributed by atoms with Crippen LogP contribution in [0.1, 0.15) is 22.0 Å². The lowest BCUT2D eigenvalue weighted by atomic mass is 10.0. The number of carbonyl (C=O) groups is 1. The maximum atomic E-state index is 13.6. The molecule has 3 aromatic rings. The number of amides is 1. The van der Waals surface area contributed by atoms with Gasteiger partial charge >= 0.3 is 0 Å². The van der Waals surface area contributed by atoms with E-state index in [0.717, 1.165) is 22.9 Å². The van der Waals surface area contributed by atoms with Gasteiger partial charge in [0.05, 0.1) is 6.10 Å². The first kappa shape index (κ1) is 16.1. The number of rotatable bonds is 4. The third-order valence-electron chi connectivity index (χ3n) is 3.83. The zero-order valence-corrected chi connectivity index (χ0v) is 12.7. The van der Waals surface area contributed by atoms with Crippen LogP contribution in [0, 0.1) is 11.6 Å². The molecule has 0 saturated carbocycles. The Balaban J connectivity index is 1.78. The molecule has 0 spiro atoms. The summed E-state index contributed by atoms with van der Waals surface area (Å²) in [7, 11) is 0. The summed E-state index contributed by atoms with van der Waals surface area (Å²) in [6.07, 6.45) is -0.991. The predicted molar refractivity (Wildman–Crippen MR) is 87.6 cm³/mol. The van der Waals surface area contributed by atoms with Crippen molar-refractivity contribution in [3.63, 3.8) is 0 Å². The lowest BCUT2D eigenvalue weighted by Gasteiger charge is -2.15. The van der Waals surface area contributed by atoms with Gasteiger partial charge in [0.2, 0.25) is 0 Å². The Morgan fingerprint density at radius 1 is 0.958 bits per heavy atom. The van der Waals surface area contributed by atoms with Crippen LogP contribution >= 0.6 is 0 Å². The van der Waals surface area contributed by atoms with E-state index < -0.39 is 29.2 Å². The molecule has 1 unspecified atom stereocenters. The van der Waals surface area contributed by atoms with Crippen molar-refractivity contribution in [2.75, 3.05) is 6.54 Å². The Morgan fingerprint density at radius 3 is 2.33 bits per heavy atom. The molecule has 3 aromatic carbocycles. The van der Waals surface area contributed by atoms with E-state index in [4.69, 9.17) is 0 Å². The molecular weight excluding hydrogens is 312 g/mol. The summed E-state index contributed by atoms with van der Waals surface area (Å²) in [6.45, 7) is -0.152. The Labute approximate surface area is 137 Å². The number of hydrogen-bond acceptors (Lipinski definition) is 2. The minimum atomic E-state index is -0.991. The standard InChI is InChI=1S/C19H15F2NO2/c20-15-9-4-10-16(21)18(15)19(24)22-11-17(23)14-8-3-6-12-5-1-2-7-13(12)14/h1-10,17,23H,11H2,(H,22,24). The molecule has 122 valence electrons. The lowest BCUT2D eigenvalue weighted by Crippen LogP contribution is -2.30. The molecule has 2 N–H and O–H groups in total. The number of benzene rings is 3. The summed E-state index contributed by atoms with van der Waals surface area (Å²) in [5, 5.41) is 14.5. The van der Waals surface area contributed by atoms with E-state index in [1.54, 1.807) is 12.1 Å². The van der Waals surface area contributed by atoms with Crippen molar-refractivity contribution >= 4 is 16.7 Å². The second-order valence-corrected chi connectivity index (χ2v) is 5.39. The van der Waals surface area contributed by atoms with Crippen molar-refractivity contribution in [1.82, 2.24) is 5.32 Å². The molecule has 1 amide bonds. The van der Waals surface area contributed by atoms with E-state index in [0.29, 0.717) is 5.56 Å². The highest BCUT2D eigenvalue weighted by atomic mass is 19.1. The second kappa shape index (κ2) is 6.76. The van der Waals surface area contributed by atoms with Crippen LogP contribution in [0.15, 0.2) is 60.7 Å². The highest BCUT2D eigenvalue weighted by molar-refractivity contribution is 5.94. The first-order valence-corrected chi connectivity index (χ1v) is 7.46. The molecule has 0 aromatic heterocycles. The molecule has 5 heteroatoms. The quantitative estimate of drug-likeness (QED) is 0.769. The van der Waals surface area contributed by atoms with Gasteiger partial charge in [-0.25, -0.2) is 8.78 Å². The molecular formula is C19H15F2NO2. The van der Waals surface area contributed by atoms with Crippen molar-refractivity contribution in [1.29, 1.82) is 0 Å². The van der Waals surface area contributed by atoms with Gasteiger partial charge in [-0.3, -0.25) is 4.79 Å². The van der Waals surface area contributed by atoms with Crippen molar-refractivity contribution < 1.29 is 18.7 Å². The zero-order chi connectivity index (χ0) is 17.1. The summed E-state index contributed by atoms with van der Waals surface area (Å²) in [6, 6.07) is 16.2. The molecule has 0 fully saturated rings. The maximum absolute atomic E-state index is 13.6. The Bertz CT molecular complexity index is 870. The van der Waals surface area contributed by atoms with Crippen molar-refractivity contribution in [2.45, 2.75) is 6.10 Å². The number of carbonyl (C=O) groups excluding carboxylic acids is 1. The molecule has 0 heterocycles. The van der Waals surface area contributed by atoms with Gasteiger partial charge < -0.3 is 10.4 Å². The minimum absolute atomic E-state index is 0.152. The zero-order valence-electron chi connectivity index (χ0n) is 12.7. The predicted octanol–water partition coefficient (Wildman–Crippen LogP) is 3.58. The monoisotopic (exact) mass is 327 g/mol. The fraction of sp³-hybridized carbons (Fsp3) is 0.105. The van der Waals surface area contributed by atoms with Gasteiger partial charge in [-0.15, -0.1) is 0 Å². The van der Waals surface area contributed by atoms with E-state index in [2.05, 4.69) is 5.32 Å². The van der Waals surface area contributed by atoms with Crippen molar-refractivity contribution in [3.05, 3.63) is 83.4 Å². The van der Waals surface area contributed by atoms with Crippen LogP contribution in [-0.2, 0) is 0 Å². The number of hydrogen-bond donors (Lipinski definition) is 2. The van der Waals surface area contributed by atoms with E-state index in [1.807, 2.05) is 30.3 Å². The molecule has 0 aliphatic heterocycles. The average Bonchev–Trinajstić information content (AvgIpc) is 2.59. The third-order valence-corrected chi connectivity index (χ3v) is 3.83. The van der Waals surface area contributed by atoms with Crippen LogP contribution in [0.3, 0.4) is 0 Å². The Hall–Kier alpha value is -2.79. The number of fused-ring (bicyclic) bond motifs is 1. The largest absolute Gasteiger partial charge is 0.387 e. The van der Waals surface area contributed by atoms with Gasteiger partial charge in [-0.1, -0.05) is 48.5 Å². The highest BCUT2D eigenvalue weighted by Crippen LogP contribution is 2.24. The Morgan fingerprint density at radius 2 is 1.58 bits per heavy atom. The fourth-order valence-electron chi connectivity index (χ4n) is 2.64. The number of aliphatic hydroxyl groups is 1. The topological polar surface area (TPSA) is 49.3 Å². The second-order valence-electron chi connectivity index (χ2n) is 5.39. The summed E-state index contributed by atoms with van der Waals surface area (Å²) >= 11 is 0. The first-order chi connectivity index (χ1) is 11.6. The van der Waals surface area contributed by atoms with Crippen LogP contribution < -0.4 is 5.32 Å². The van der Waals surface area contributed by atoms with Crippen molar-refractivity contribution in [3.8, 4) is 0 Å². The van der Waals surface area contributed by atoms with Gasteiger partial charge in [0.15, 0.2) is 0 Å². The van der Waals surface area contributed by atoms with Gasteiger partial charge in [-0.05, 0) is 28.5 Å². The van der Waals surface area contributed by atoms with E-state index in [-0.39, 0.29) is 6.54 Å². The number of nitrogens with one attached hydrogen (secondary N) is 1. The fourth-order valence-corrected chi connectivity index (χ4v) is 2.64. The van der Waals surface area contributed by atoms with Crippen LogP contribution in [0.4, 0.5) is 8.78 Å². The molecule has 0 radical (unpaired) electrons. The van der Waals surface area contributed by atoms with Crippen LogP contribution in [0.5, 0.6) is 0 Å². The van der Waals surface area contributed by atoms with E-state index >= 15 is 0 Å². The minimum Gasteiger partial charge on any atom is -0.387 e. The highest BCUT2D eigenvalue weighted by Gasteiger charge is 2.18. The van der Waals surface area contributed by atoms with Gasteiger partial charge in [0.25, 0.3) is 5.91 Å². The number of aliphatic hydroxyl groups excluding tert-OH is 1. The SMILES string of the molecule is O=C(NCC(O)c1cccc2ccccc12)c1c(F)cccc1F. The molecule has 24 heavy (non-hydrogen) atoms. The van der Waals surface area contributed by atoms with Crippen molar-refractivity contribution in [2.24, 2.45) is 0 Å². The molecule has 0 bridgehead atoms. The molecule has 3 rings (SSSR count). The smallest absolute Gasteiger partial charge is 0.257 e. The molecule has 0 aliphatic rings. The number of halogens is 2. The molecule has 0 saturated heterocycles. The maximum Gasteiger partial charge on any atom is 0.257 e. The molecule has 1 atom stereocenters. The average molecular weight is 327 g/mol. The van der Waals surface area contributed by atoms with E-state index in [9.17, 15) is 18.7 Å². The third kappa shape index (κ3) is 3.12. The summed E-state index contributed by atoms with van der Waals surface area (Å²) in [5.74, 6) is -2.77. The molecule has 3 nitrogen and oxygen atoms in total. The van der Waals surface area contributed by atoms with Crippen LogP contribution in [0.2, 0.25) is 0 Å². The van der Waals surface area contributed by atoms with Crippen LogP contribution in [0.25, 0.3) is 10.8 Å². The summed E-state index contributed by atoms with van der Waals surface area (Å²) in [5.41, 5.74) is -0.00924. The first-order valence-electron chi connectivity index (χ1n) is 7.46. The van der Waals surface area contributed by atoms with Crippen LogP contribution in [-0.4, -0.2) is 17.6 Å². The van der Waals surface area contributed by atoms with Gasteiger partial charge in [0.1, 0.15) is 17.2 Å². The Kier molecular flexibility index (Phi) is 4.53.